The van der Waals surface area contributed by atoms with Gasteiger partial charge in [-0.3, -0.25) is 4.98 Å². The SMILES string of the molecule is CCNC(=NCc1ncccc1C)NC1CCN(c2cccc(C)n2)CC1.I. The van der Waals surface area contributed by atoms with E-state index in [1.165, 1.54) is 5.56 Å². The summed E-state index contributed by atoms with van der Waals surface area (Å²) < 4.78 is 0. The zero-order valence-corrected chi connectivity index (χ0v) is 19.3. The normalized spacial score (nSPS) is 15.1. The molecule has 0 aromatic carbocycles. The number of hydrogen-bond donors (Lipinski definition) is 2. The average Bonchev–Trinajstić information content (AvgIpc) is 2.68. The lowest BCUT2D eigenvalue weighted by Crippen LogP contribution is -2.49. The Morgan fingerprint density at radius 1 is 1.18 bits per heavy atom. The minimum absolute atomic E-state index is 0. The number of hydrogen-bond acceptors (Lipinski definition) is 4. The minimum atomic E-state index is 0. The van der Waals surface area contributed by atoms with E-state index in [2.05, 4.69) is 57.5 Å². The van der Waals surface area contributed by atoms with Gasteiger partial charge in [0, 0.05) is 37.6 Å². The molecule has 0 saturated carbocycles. The second kappa shape index (κ2) is 11.2. The first-order chi connectivity index (χ1) is 13.2. The Kier molecular flexibility index (Phi) is 8.95. The fraction of sp³-hybridized carbons (Fsp3) is 0.476. The van der Waals surface area contributed by atoms with Crippen molar-refractivity contribution in [1.29, 1.82) is 0 Å². The lowest BCUT2D eigenvalue weighted by atomic mass is 10.1. The topological polar surface area (TPSA) is 65.4 Å². The predicted molar refractivity (Wildman–Crippen MR) is 127 cm³/mol. The minimum Gasteiger partial charge on any atom is -0.357 e. The molecule has 1 fully saturated rings. The summed E-state index contributed by atoms with van der Waals surface area (Å²) in [5, 5.41) is 6.95. The quantitative estimate of drug-likeness (QED) is 0.379. The Morgan fingerprint density at radius 2 is 1.96 bits per heavy atom. The van der Waals surface area contributed by atoms with E-state index in [4.69, 9.17) is 4.99 Å². The van der Waals surface area contributed by atoms with Crippen LogP contribution in [0.25, 0.3) is 0 Å². The van der Waals surface area contributed by atoms with Gasteiger partial charge in [0.05, 0.1) is 12.2 Å². The Bertz CT molecular complexity index is 771. The molecule has 1 aliphatic rings. The average molecular weight is 494 g/mol. The van der Waals surface area contributed by atoms with Crippen molar-refractivity contribution in [3.05, 3.63) is 53.5 Å². The van der Waals surface area contributed by atoms with E-state index in [0.717, 1.165) is 55.6 Å². The van der Waals surface area contributed by atoms with Gasteiger partial charge in [0.15, 0.2) is 5.96 Å². The van der Waals surface area contributed by atoms with Gasteiger partial charge in [0.2, 0.25) is 0 Å². The van der Waals surface area contributed by atoms with Crippen LogP contribution in [0.15, 0.2) is 41.5 Å². The first-order valence-corrected chi connectivity index (χ1v) is 9.79. The summed E-state index contributed by atoms with van der Waals surface area (Å²) in [7, 11) is 0. The van der Waals surface area contributed by atoms with Gasteiger partial charge >= 0.3 is 0 Å². The summed E-state index contributed by atoms with van der Waals surface area (Å²) in [6.07, 6.45) is 3.97. The molecule has 0 bridgehead atoms. The molecule has 0 atom stereocenters. The highest BCUT2D eigenvalue weighted by Crippen LogP contribution is 2.18. The number of aliphatic imine (C=N–C) groups is 1. The van der Waals surface area contributed by atoms with E-state index < -0.39 is 0 Å². The zero-order valence-electron chi connectivity index (χ0n) is 17.0. The third-order valence-corrected chi connectivity index (χ3v) is 4.88. The molecular formula is C21H31IN6. The van der Waals surface area contributed by atoms with Gasteiger partial charge in [-0.1, -0.05) is 12.1 Å². The smallest absolute Gasteiger partial charge is 0.191 e. The Hall–Kier alpha value is -1.90. The van der Waals surface area contributed by atoms with Crippen LogP contribution in [0, 0.1) is 13.8 Å². The van der Waals surface area contributed by atoms with Crippen LogP contribution in [0.4, 0.5) is 5.82 Å². The highest BCUT2D eigenvalue weighted by Gasteiger charge is 2.21. The Balaban J connectivity index is 0.00000280. The van der Waals surface area contributed by atoms with E-state index in [1.807, 2.05) is 25.3 Å². The van der Waals surface area contributed by atoms with Gasteiger partial charge in [-0.2, -0.15) is 0 Å². The molecule has 28 heavy (non-hydrogen) atoms. The van der Waals surface area contributed by atoms with Crippen LogP contribution in [-0.4, -0.2) is 41.6 Å². The molecule has 0 amide bonds. The molecule has 0 unspecified atom stereocenters. The van der Waals surface area contributed by atoms with Crippen molar-refractivity contribution in [2.75, 3.05) is 24.5 Å². The van der Waals surface area contributed by atoms with E-state index >= 15 is 0 Å². The van der Waals surface area contributed by atoms with Gasteiger partial charge < -0.3 is 15.5 Å². The number of aromatic nitrogens is 2. The van der Waals surface area contributed by atoms with Crippen LogP contribution < -0.4 is 15.5 Å². The maximum absolute atomic E-state index is 4.73. The molecule has 2 aromatic heterocycles. The predicted octanol–water partition coefficient (Wildman–Crippen LogP) is 3.44. The second-order valence-electron chi connectivity index (χ2n) is 7.00. The number of anilines is 1. The molecule has 3 rings (SSSR count). The van der Waals surface area contributed by atoms with Gasteiger partial charge in [0.1, 0.15) is 5.82 Å². The fourth-order valence-electron chi connectivity index (χ4n) is 3.31. The van der Waals surface area contributed by atoms with Crippen LogP contribution in [0.3, 0.4) is 0 Å². The number of halogens is 1. The van der Waals surface area contributed by atoms with Gasteiger partial charge in [-0.15, -0.1) is 24.0 Å². The molecule has 0 spiro atoms. The van der Waals surface area contributed by atoms with Gasteiger partial charge in [0.25, 0.3) is 0 Å². The number of nitrogens with zero attached hydrogens (tertiary/aromatic N) is 4. The third kappa shape index (κ3) is 6.32. The zero-order chi connectivity index (χ0) is 19.1. The second-order valence-corrected chi connectivity index (χ2v) is 7.00. The summed E-state index contributed by atoms with van der Waals surface area (Å²) in [4.78, 5) is 16.2. The molecule has 2 aromatic rings. The highest BCUT2D eigenvalue weighted by atomic mass is 127. The highest BCUT2D eigenvalue weighted by molar-refractivity contribution is 14.0. The van der Waals surface area contributed by atoms with Crippen LogP contribution in [-0.2, 0) is 6.54 Å². The molecule has 3 heterocycles. The summed E-state index contributed by atoms with van der Waals surface area (Å²) in [5.41, 5.74) is 3.27. The molecule has 1 aliphatic heterocycles. The van der Waals surface area contributed by atoms with Gasteiger partial charge in [-0.25, -0.2) is 9.98 Å². The molecule has 1 saturated heterocycles. The van der Waals surface area contributed by atoms with Crippen LogP contribution in [0.1, 0.15) is 36.7 Å². The first kappa shape index (κ1) is 22.4. The molecule has 2 N–H and O–H groups in total. The summed E-state index contributed by atoms with van der Waals surface area (Å²) in [6, 6.07) is 10.7. The molecular weight excluding hydrogens is 463 g/mol. The maximum Gasteiger partial charge on any atom is 0.191 e. The molecule has 152 valence electrons. The van der Waals surface area contributed by atoms with Crippen molar-refractivity contribution in [3.63, 3.8) is 0 Å². The van der Waals surface area contributed by atoms with Crippen LogP contribution in [0.5, 0.6) is 0 Å². The Labute approximate surface area is 185 Å². The number of aryl methyl sites for hydroxylation is 2. The van der Waals surface area contributed by atoms with Crippen molar-refractivity contribution in [3.8, 4) is 0 Å². The molecule has 0 radical (unpaired) electrons. The van der Waals surface area contributed by atoms with Gasteiger partial charge in [-0.05, 0) is 57.4 Å². The summed E-state index contributed by atoms with van der Waals surface area (Å²) in [5.74, 6) is 1.95. The lowest BCUT2D eigenvalue weighted by molar-refractivity contribution is 0.459. The number of piperidine rings is 1. The maximum atomic E-state index is 4.73. The first-order valence-electron chi connectivity index (χ1n) is 9.79. The molecule has 6 nitrogen and oxygen atoms in total. The molecule has 7 heteroatoms. The molecule has 0 aliphatic carbocycles. The number of rotatable bonds is 5. The van der Waals surface area contributed by atoms with Crippen LogP contribution >= 0.6 is 24.0 Å². The van der Waals surface area contributed by atoms with Crippen molar-refractivity contribution in [1.82, 2.24) is 20.6 Å². The van der Waals surface area contributed by atoms with E-state index in [9.17, 15) is 0 Å². The monoisotopic (exact) mass is 494 g/mol. The standard InChI is InChI=1S/C21H30N6.HI/c1-4-22-21(24-15-19-16(2)7-6-12-23-19)26-18-10-13-27(14-11-18)20-9-5-8-17(3)25-20;/h5-9,12,18H,4,10-11,13-15H2,1-3H3,(H2,22,24,26);1H. The number of guanidine groups is 1. The number of nitrogens with one attached hydrogen (secondary N) is 2. The summed E-state index contributed by atoms with van der Waals surface area (Å²) >= 11 is 0. The van der Waals surface area contributed by atoms with Crippen molar-refractivity contribution in [2.24, 2.45) is 4.99 Å². The van der Waals surface area contributed by atoms with E-state index in [1.54, 1.807) is 0 Å². The lowest BCUT2D eigenvalue weighted by Gasteiger charge is -2.34. The largest absolute Gasteiger partial charge is 0.357 e. The van der Waals surface area contributed by atoms with Crippen molar-refractivity contribution >= 4 is 35.8 Å². The number of pyridine rings is 2. The Morgan fingerprint density at radius 3 is 2.64 bits per heavy atom. The van der Waals surface area contributed by atoms with Crippen molar-refractivity contribution in [2.45, 2.75) is 46.2 Å². The van der Waals surface area contributed by atoms with E-state index in [0.29, 0.717) is 12.6 Å². The third-order valence-electron chi connectivity index (χ3n) is 4.88. The van der Waals surface area contributed by atoms with Crippen LogP contribution in [0.2, 0.25) is 0 Å². The van der Waals surface area contributed by atoms with Crippen molar-refractivity contribution < 1.29 is 0 Å². The fourth-order valence-corrected chi connectivity index (χ4v) is 3.31. The van der Waals surface area contributed by atoms with E-state index in [-0.39, 0.29) is 24.0 Å². The summed E-state index contributed by atoms with van der Waals surface area (Å²) in [6.45, 7) is 9.66.